The normalized spacial score (nSPS) is 10.4. The fourth-order valence-electron chi connectivity index (χ4n) is 1.98. The average molecular weight is 242 g/mol. The molecular weight excluding hydrogens is 224 g/mol. The van der Waals surface area contributed by atoms with Gasteiger partial charge in [0.25, 0.3) is 0 Å². The van der Waals surface area contributed by atoms with Gasteiger partial charge in [0, 0.05) is 24.5 Å². The number of pyridine rings is 1. The molecule has 0 bridgehead atoms. The first-order valence-corrected chi connectivity index (χ1v) is 6.14. The number of aryl methyl sites for hydroxylation is 2. The molecule has 4 heteroatoms. The molecule has 0 aliphatic rings. The average Bonchev–Trinajstić information content (AvgIpc) is 2.40. The van der Waals surface area contributed by atoms with Gasteiger partial charge >= 0.3 is 0 Å². The summed E-state index contributed by atoms with van der Waals surface area (Å²) in [5, 5.41) is 3.12. The van der Waals surface area contributed by atoms with Crippen molar-refractivity contribution in [1.82, 2.24) is 15.0 Å². The van der Waals surface area contributed by atoms with Gasteiger partial charge in [0.1, 0.15) is 11.5 Å². The van der Waals surface area contributed by atoms with Crippen LogP contribution in [-0.4, -0.2) is 22.0 Å². The molecule has 0 aromatic carbocycles. The van der Waals surface area contributed by atoms with Gasteiger partial charge in [0.2, 0.25) is 0 Å². The van der Waals surface area contributed by atoms with Crippen molar-refractivity contribution in [2.75, 3.05) is 12.4 Å². The van der Waals surface area contributed by atoms with Crippen molar-refractivity contribution < 1.29 is 0 Å². The van der Waals surface area contributed by atoms with Crippen LogP contribution < -0.4 is 5.32 Å². The maximum Gasteiger partial charge on any atom is 0.180 e. The van der Waals surface area contributed by atoms with Crippen LogP contribution in [0.15, 0.2) is 18.3 Å². The first-order valence-electron chi connectivity index (χ1n) is 6.14. The minimum absolute atomic E-state index is 0.694. The number of nitrogens with one attached hydrogen (secondary N) is 1. The van der Waals surface area contributed by atoms with E-state index in [1.807, 2.05) is 33.0 Å². The zero-order chi connectivity index (χ0) is 13.1. The molecule has 0 aliphatic heterocycles. The zero-order valence-electron chi connectivity index (χ0n) is 11.3. The van der Waals surface area contributed by atoms with E-state index in [1.54, 1.807) is 6.20 Å². The van der Waals surface area contributed by atoms with Gasteiger partial charge in [-0.3, -0.25) is 4.98 Å². The summed E-state index contributed by atoms with van der Waals surface area (Å²) in [6, 6.07) is 3.95. The number of nitrogens with zero attached hydrogens (tertiary/aromatic N) is 3. The third-order valence-corrected chi connectivity index (χ3v) is 3.04. The highest BCUT2D eigenvalue weighted by Gasteiger charge is 2.12. The Morgan fingerprint density at radius 3 is 2.61 bits per heavy atom. The summed E-state index contributed by atoms with van der Waals surface area (Å²) < 4.78 is 0. The number of rotatable bonds is 3. The highest BCUT2D eigenvalue weighted by Crippen LogP contribution is 2.22. The van der Waals surface area contributed by atoms with Gasteiger partial charge in [-0.2, -0.15) is 0 Å². The molecule has 0 atom stereocenters. The van der Waals surface area contributed by atoms with Gasteiger partial charge in [0.15, 0.2) is 5.82 Å². The van der Waals surface area contributed by atoms with E-state index in [9.17, 15) is 0 Å². The van der Waals surface area contributed by atoms with Crippen LogP contribution in [0.2, 0.25) is 0 Å². The summed E-state index contributed by atoms with van der Waals surface area (Å²) in [5.74, 6) is 1.57. The van der Waals surface area contributed by atoms with Gasteiger partial charge in [-0.15, -0.1) is 0 Å². The third kappa shape index (κ3) is 2.18. The van der Waals surface area contributed by atoms with Gasteiger partial charge in [-0.25, -0.2) is 9.97 Å². The topological polar surface area (TPSA) is 50.7 Å². The van der Waals surface area contributed by atoms with Crippen molar-refractivity contribution in [1.29, 1.82) is 0 Å². The molecule has 0 aliphatic carbocycles. The quantitative estimate of drug-likeness (QED) is 0.899. The van der Waals surface area contributed by atoms with Crippen molar-refractivity contribution in [3.05, 3.63) is 35.2 Å². The van der Waals surface area contributed by atoms with E-state index < -0.39 is 0 Å². The van der Waals surface area contributed by atoms with Crippen LogP contribution >= 0.6 is 0 Å². The number of anilines is 1. The lowest BCUT2D eigenvalue weighted by Crippen LogP contribution is -2.05. The Hall–Kier alpha value is -1.97. The molecule has 2 aromatic rings. The van der Waals surface area contributed by atoms with E-state index in [-0.39, 0.29) is 0 Å². The number of hydrogen-bond donors (Lipinski definition) is 1. The molecule has 94 valence electrons. The molecule has 0 spiro atoms. The Morgan fingerprint density at radius 2 is 2.00 bits per heavy atom. The van der Waals surface area contributed by atoms with E-state index in [2.05, 4.69) is 27.2 Å². The van der Waals surface area contributed by atoms with E-state index in [1.165, 1.54) is 0 Å². The molecule has 0 saturated carbocycles. The standard InChI is InChI=1S/C14H18N4/c1-5-11-10(3)13(15-4)18-14(17-11)12-9(2)7-6-8-16-12/h6-8H,5H2,1-4H3,(H,15,17,18). The molecule has 18 heavy (non-hydrogen) atoms. The minimum Gasteiger partial charge on any atom is -0.373 e. The van der Waals surface area contributed by atoms with Crippen LogP contribution in [0.1, 0.15) is 23.7 Å². The molecule has 2 aromatic heterocycles. The van der Waals surface area contributed by atoms with Crippen LogP contribution in [0.4, 0.5) is 5.82 Å². The first-order chi connectivity index (χ1) is 8.67. The van der Waals surface area contributed by atoms with E-state index in [0.29, 0.717) is 5.82 Å². The Bertz CT molecular complexity index is 538. The molecule has 1 N–H and O–H groups in total. The van der Waals surface area contributed by atoms with Crippen LogP contribution in [0.5, 0.6) is 0 Å². The Labute approximate surface area is 108 Å². The van der Waals surface area contributed by atoms with Crippen LogP contribution in [0.3, 0.4) is 0 Å². The molecule has 2 rings (SSSR count). The van der Waals surface area contributed by atoms with Crippen LogP contribution in [0.25, 0.3) is 11.5 Å². The lowest BCUT2D eigenvalue weighted by molar-refractivity contribution is 0.969. The van der Waals surface area contributed by atoms with Gasteiger partial charge < -0.3 is 5.32 Å². The monoisotopic (exact) mass is 242 g/mol. The van der Waals surface area contributed by atoms with Crippen molar-refractivity contribution >= 4 is 5.82 Å². The van der Waals surface area contributed by atoms with Crippen molar-refractivity contribution in [2.45, 2.75) is 27.2 Å². The Morgan fingerprint density at radius 1 is 1.22 bits per heavy atom. The van der Waals surface area contributed by atoms with E-state index >= 15 is 0 Å². The molecule has 0 saturated heterocycles. The van der Waals surface area contributed by atoms with Gasteiger partial charge in [-0.1, -0.05) is 13.0 Å². The van der Waals surface area contributed by atoms with Crippen molar-refractivity contribution in [2.24, 2.45) is 0 Å². The SMILES string of the molecule is CCc1nc(-c2ncccc2C)nc(NC)c1C. The predicted molar refractivity (Wildman–Crippen MR) is 73.7 cm³/mol. The molecule has 0 fully saturated rings. The first kappa shape index (κ1) is 12.5. The lowest BCUT2D eigenvalue weighted by atomic mass is 10.1. The summed E-state index contributed by atoms with van der Waals surface area (Å²) in [4.78, 5) is 13.5. The fourth-order valence-corrected chi connectivity index (χ4v) is 1.98. The summed E-state index contributed by atoms with van der Waals surface area (Å²) in [5.41, 5.74) is 4.11. The van der Waals surface area contributed by atoms with Crippen molar-refractivity contribution in [3.8, 4) is 11.5 Å². The molecule has 0 radical (unpaired) electrons. The zero-order valence-corrected chi connectivity index (χ0v) is 11.3. The summed E-state index contributed by atoms with van der Waals surface area (Å²) in [7, 11) is 1.88. The van der Waals surface area contributed by atoms with Crippen LogP contribution in [0, 0.1) is 13.8 Å². The van der Waals surface area contributed by atoms with Crippen molar-refractivity contribution in [3.63, 3.8) is 0 Å². The summed E-state index contributed by atoms with van der Waals surface area (Å²) >= 11 is 0. The van der Waals surface area contributed by atoms with Gasteiger partial charge in [-0.05, 0) is 31.9 Å². The predicted octanol–water partition coefficient (Wildman–Crippen LogP) is 2.76. The highest BCUT2D eigenvalue weighted by atomic mass is 15.0. The Balaban J connectivity index is 2.62. The second-order valence-corrected chi connectivity index (χ2v) is 4.24. The largest absolute Gasteiger partial charge is 0.373 e. The summed E-state index contributed by atoms with van der Waals surface area (Å²) in [6.07, 6.45) is 2.66. The molecule has 2 heterocycles. The minimum atomic E-state index is 0.694. The maximum atomic E-state index is 4.62. The van der Waals surface area contributed by atoms with E-state index in [4.69, 9.17) is 0 Å². The third-order valence-electron chi connectivity index (χ3n) is 3.04. The number of hydrogen-bond acceptors (Lipinski definition) is 4. The second-order valence-electron chi connectivity index (χ2n) is 4.24. The van der Waals surface area contributed by atoms with Gasteiger partial charge in [0.05, 0.1) is 0 Å². The second kappa shape index (κ2) is 5.12. The van der Waals surface area contributed by atoms with Crippen LogP contribution in [-0.2, 0) is 6.42 Å². The smallest absolute Gasteiger partial charge is 0.180 e. The fraction of sp³-hybridized carbons (Fsp3) is 0.357. The number of aromatic nitrogens is 3. The van der Waals surface area contributed by atoms with E-state index in [0.717, 1.165) is 34.8 Å². The highest BCUT2D eigenvalue weighted by molar-refractivity contribution is 5.59. The maximum absolute atomic E-state index is 4.62. The molecule has 4 nitrogen and oxygen atoms in total. The molecule has 0 unspecified atom stereocenters. The summed E-state index contributed by atoms with van der Waals surface area (Å²) in [6.45, 7) is 6.17. The Kier molecular flexibility index (Phi) is 3.55. The lowest BCUT2D eigenvalue weighted by Gasteiger charge is -2.11. The molecular formula is C14H18N4. The molecule has 0 amide bonds.